The molecule has 2 rings (SSSR count). The van der Waals surface area contributed by atoms with Crippen LogP contribution in [0.15, 0.2) is 36.4 Å². The minimum absolute atomic E-state index is 0.0443. The maximum Gasteiger partial charge on any atom is 0.244 e. The Bertz CT molecular complexity index is 1110. The third-order valence-corrected chi connectivity index (χ3v) is 6.75. The molecule has 0 aliphatic rings. The maximum absolute atomic E-state index is 13.3. The molecule has 2 aromatic rings. The second-order valence-corrected chi connectivity index (χ2v) is 10.6. The average Bonchev–Trinajstić information content (AvgIpc) is 2.68. The molecule has 32 heavy (non-hydrogen) atoms. The van der Waals surface area contributed by atoms with E-state index in [0.717, 1.165) is 10.6 Å². The molecular formula is C20H21Cl4N3O4S. The number of carbonyl (C=O) groups excluding carboxylic acids is 2. The van der Waals surface area contributed by atoms with Gasteiger partial charge in [-0.15, -0.1) is 0 Å². The van der Waals surface area contributed by atoms with Gasteiger partial charge in [-0.2, -0.15) is 0 Å². The summed E-state index contributed by atoms with van der Waals surface area (Å²) in [5.74, 6) is -1.06. The Morgan fingerprint density at radius 2 is 1.59 bits per heavy atom. The molecule has 0 radical (unpaired) electrons. The molecule has 0 aromatic heterocycles. The van der Waals surface area contributed by atoms with Crippen molar-refractivity contribution in [2.75, 3.05) is 24.2 Å². The molecule has 1 atom stereocenters. The van der Waals surface area contributed by atoms with Crippen molar-refractivity contribution >= 4 is 73.9 Å². The van der Waals surface area contributed by atoms with Gasteiger partial charge in [-0.25, -0.2) is 8.42 Å². The van der Waals surface area contributed by atoms with Crippen molar-refractivity contribution < 1.29 is 18.0 Å². The zero-order valence-electron chi connectivity index (χ0n) is 17.4. The number of benzene rings is 2. The van der Waals surface area contributed by atoms with Crippen LogP contribution in [0.2, 0.25) is 20.1 Å². The predicted octanol–water partition coefficient (Wildman–Crippen LogP) is 4.23. The van der Waals surface area contributed by atoms with Crippen LogP contribution >= 0.6 is 46.4 Å². The van der Waals surface area contributed by atoms with Gasteiger partial charge in [0.2, 0.25) is 21.8 Å². The molecule has 0 fully saturated rings. The van der Waals surface area contributed by atoms with Gasteiger partial charge in [0.05, 0.1) is 11.9 Å². The summed E-state index contributed by atoms with van der Waals surface area (Å²) >= 11 is 24.2. The molecule has 0 heterocycles. The van der Waals surface area contributed by atoms with Gasteiger partial charge in [-0.05, 0) is 42.8 Å². The molecule has 2 amide bonds. The van der Waals surface area contributed by atoms with Crippen LogP contribution < -0.4 is 9.62 Å². The van der Waals surface area contributed by atoms with Crippen molar-refractivity contribution in [2.45, 2.75) is 19.5 Å². The molecule has 174 valence electrons. The maximum atomic E-state index is 13.3. The quantitative estimate of drug-likeness (QED) is 0.542. The molecule has 7 nitrogen and oxygen atoms in total. The van der Waals surface area contributed by atoms with Crippen LogP contribution in [0.5, 0.6) is 0 Å². The summed E-state index contributed by atoms with van der Waals surface area (Å²) in [6.07, 6.45) is 0.956. The number of nitrogens with zero attached hydrogens (tertiary/aromatic N) is 2. The number of likely N-dealkylation sites (N-methyl/N-ethyl adjacent to an activating group) is 1. The van der Waals surface area contributed by atoms with E-state index in [1.54, 1.807) is 12.1 Å². The van der Waals surface area contributed by atoms with E-state index in [9.17, 15) is 18.0 Å². The van der Waals surface area contributed by atoms with E-state index >= 15 is 0 Å². The Kier molecular flexibility index (Phi) is 9.07. The summed E-state index contributed by atoms with van der Waals surface area (Å²) in [5, 5.41) is 3.62. The van der Waals surface area contributed by atoms with Crippen LogP contribution in [0.4, 0.5) is 5.69 Å². The average molecular weight is 541 g/mol. The topological polar surface area (TPSA) is 86.8 Å². The highest BCUT2D eigenvalue weighted by molar-refractivity contribution is 7.92. The molecule has 0 unspecified atom stereocenters. The minimum atomic E-state index is -3.89. The molecular weight excluding hydrogens is 520 g/mol. The van der Waals surface area contributed by atoms with Crippen molar-refractivity contribution in [1.29, 1.82) is 0 Å². The lowest BCUT2D eigenvalue weighted by molar-refractivity contribution is -0.139. The SMILES string of the molecule is CNC(=O)[C@H](C)N(Cc1ccc(Cl)cc1Cl)C(=O)CN(c1cc(Cl)cc(Cl)c1)S(C)(=O)=O. The first-order valence-electron chi connectivity index (χ1n) is 9.22. The first kappa shape index (κ1) is 26.5. The van der Waals surface area contributed by atoms with Gasteiger partial charge >= 0.3 is 0 Å². The number of sulfonamides is 1. The van der Waals surface area contributed by atoms with Gasteiger partial charge < -0.3 is 10.2 Å². The molecule has 0 bridgehead atoms. The van der Waals surface area contributed by atoms with Gasteiger partial charge in [0.1, 0.15) is 12.6 Å². The minimum Gasteiger partial charge on any atom is -0.357 e. The number of nitrogens with one attached hydrogen (secondary N) is 1. The first-order valence-corrected chi connectivity index (χ1v) is 12.6. The Balaban J connectivity index is 2.44. The standard InChI is InChI=1S/C20H21Cl4N3O4S/c1-12(20(29)25-2)26(10-13-4-5-14(21)9-18(13)24)19(28)11-27(32(3,30)31)17-7-15(22)6-16(23)8-17/h4-9,12H,10-11H2,1-3H3,(H,25,29)/t12-/m0/s1. The molecule has 0 saturated carbocycles. The number of hydrogen-bond donors (Lipinski definition) is 1. The lowest BCUT2D eigenvalue weighted by Gasteiger charge is -2.31. The predicted molar refractivity (Wildman–Crippen MR) is 129 cm³/mol. The van der Waals surface area contributed by atoms with Crippen LogP contribution in [0.3, 0.4) is 0 Å². The van der Waals surface area contributed by atoms with Gasteiger partial charge in [0.25, 0.3) is 0 Å². The summed E-state index contributed by atoms with van der Waals surface area (Å²) in [6.45, 7) is 0.904. The lowest BCUT2D eigenvalue weighted by atomic mass is 10.1. The summed E-state index contributed by atoms with van der Waals surface area (Å²) in [7, 11) is -2.46. The summed E-state index contributed by atoms with van der Waals surface area (Å²) in [5.41, 5.74) is 0.660. The molecule has 12 heteroatoms. The number of amides is 2. The smallest absolute Gasteiger partial charge is 0.244 e. The largest absolute Gasteiger partial charge is 0.357 e. The van der Waals surface area contributed by atoms with Gasteiger partial charge in [-0.1, -0.05) is 52.5 Å². The summed E-state index contributed by atoms with van der Waals surface area (Å²) in [6, 6.07) is 8.04. The molecule has 0 spiro atoms. The van der Waals surface area contributed by atoms with Gasteiger partial charge in [-0.3, -0.25) is 13.9 Å². The van der Waals surface area contributed by atoms with E-state index in [4.69, 9.17) is 46.4 Å². The molecule has 0 saturated heterocycles. The van der Waals surface area contributed by atoms with Crippen LogP contribution in [-0.2, 0) is 26.2 Å². The number of carbonyl (C=O) groups is 2. The van der Waals surface area contributed by atoms with E-state index < -0.39 is 34.4 Å². The van der Waals surface area contributed by atoms with Crippen molar-refractivity contribution in [1.82, 2.24) is 10.2 Å². The normalized spacial score (nSPS) is 12.2. The molecule has 0 aliphatic carbocycles. The number of rotatable bonds is 8. The molecule has 1 N–H and O–H groups in total. The fourth-order valence-electron chi connectivity index (χ4n) is 2.92. The van der Waals surface area contributed by atoms with E-state index in [0.29, 0.717) is 15.6 Å². The van der Waals surface area contributed by atoms with Crippen molar-refractivity contribution in [3.8, 4) is 0 Å². The zero-order chi connectivity index (χ0) is 24.2. The second-order valence-electron chi connectivity index (χ2n) is 6.94. The number of halogens is 4. The molecule has 0 aliphatic heterocycles. The summed E-state index contributed by atoms with van der Waals surface area (Å²) in [4.78, 5) is 26.8. The van der Waals surface area contributed by atoms with Crippen molar-refractivity contribution in [2.24, 2.45) is 0 Å². The van der Waals surface area contributed by atoms with Gasteiger partial charge in [0, 0.05) is 33.7 Å². The van der Waals surface area contributed by atoms with E-state index in [1.165, 1.54) is 43.1 Å². The monoisotopic (exact) mass is 539 g/mol. The number of anilines is 1. The zero-order valence-corrected chi connectivity index (χ0v) is 21.2. The fraction of sp³-hybridized carbons (Fsp3) is 0.300. The highest BCUT2D eigenvalue weighted by Crippen LogP contribution is 2.28. The van der Waals surface area contributed by atoms with Crippen molar-refractivity contribution in [3.63, 3.8) is 0 Å². The Labute approximate surface area is 207 Å². The van der Waals surface area contributed by atoms with Crippen LogP contribution in [0.1, 0.15) is 12.5 Å². The van der Waals surface area contributed by atoms with E-state index in [-0.39, 0.29) is 22.3 Å². The van der Waals surface area contributed by atoms with Crippen molar-refractivity contribution in [3.05, 3.63) is 62.1 Å². The number of hydrogen-bond acceptors (Lipinski definition) is 4. The second kappa shape index (κ2) is 10.9. The third kappa shape index (κ3) is 6.89. The molecule has 2 aromatic carbocycles. The van der Waals surface area contributed by atoms with E-state index in [1.807, 2.05) is 0 Å². The highest BCUT2D eigenvalue weighted by Gasteiger charge is 2.30. The Morgan fingerprint density at radius 1 is 1.00 bits per heavy atom. The van der Waals surface area contributed by atoms with E-state index in [2.05, 4.69) is 5.32 Å². The van der Waals surface area contributed by atoms with Crippen LogP contribution in [0.25, 0.3) is 0 Å². The summed E-state index contributed by atoms with van der Waals surface area (Å²) < 4.78 is 25.8. The lowest BCUT2D eigenvalue weighted by Crippen LogP contribution is -2.50. The Morgan fingerprint density at radius 3 is 2.09 bits per heavy atom. The highest BCUT2D eigenvalue weighted by atomic mass is 35.5. The van der Waals surface area contributed by atoms with Gasteiger partial charge in [0.15, 0.2) is 0 Å². The third-order valence-electron chi connectivity index (χ3n) is 4.58. The van der Waals surface area contributed by atoms with Crippen LogP contribution in [0, 0.1) is 0 Å². The van der Waals surface area contributed by atoms with Crippen LogP contribution in [-0.4, -0.2) is 51.0 Å². The first-order chi connectivity index (χ1) is 14.8. The Hall–Kier alpha value is -1.71. The fourth-order valence-corrected chi connectivity index (χ4v) is 4.74.